The molecule has 0 unspecified atom stereocenters. The molecule has 1 fully saturated rings. The van der Waals surface area contributed by atoms with Gasteiger partial charge in [0.2, 0.25) is 0 Å². The number of rotatable bonds is 4. The number of benzene rings is 1. The maximum atomic E-state index is 12.5. The Hall–Kier alpha value is -2.56. The van der Waals surface area contributed by atoms with E-state index in [1.165, 1.54) is 18.9 Å². The quantitative estimate of drug-likeness (QED) is 0.907. The molecule has 0 radical (unpaired) electrons. The Labute approximate surface area is 141 Å². The van der Waals surface area contributed by atoms with Gasteiger partial charge in [-0.3, -0.25) is 9.59 Å². The maximum absolute atomic E-state index is 12.5. The van der Waals surface area contributed by atoms with Gasteiger partial charge in [0.15, 0.2) is 5.75 Å². The van der Waals surface area contributed by atoms with Gasteiger partial charge in [-0.05, 0) is 43.2 Å². The highest BCUT2D eigenvalue weighted by Crippen LogP contribution is 2.32. The highest BCUT2D eigenvalue weighted by Gasteiger charge is 2.25. The molecule has 1 amide bonds. The van der Waals surface area contributed by atoms with Gasteiger partial charge in [0.25, 0.3) is 11.5 Å². The molecular formula is C19H22N2O3. The van der Waals surface area contributed by atoms with Crippen molar-refractivity contribution in [2.75, 3.05) is 7.11 Å². The van der Waals surface area contributed by atoms with Crippen LogP contribution in [0.1, 0.15) is 47.5 Å². The lowest BCUT2D eigenvalue weighted by molar-refractivity contribution is 0.0922. The molecule has 0 atom stereocenters. The first kappa shape index (κ1) is 16.3. The van der Waals surface area contributed by atoms with Crippen molar-refractivity contribution in [2.45, 2.75) is 37.6 Å². The smallest absolute Gasteiger partial charge is 0.291 e. The van der Waals surface area contributed by atoms with Gasteiger partial charge in [-0.25, -0.2) is 0 Å². The number of aromatic amines is 1. The Morgan fingerprint density at radius 1 is 1.12 bits per heavy atom. The number of carbonyl (C=O) groups excluding carboxylic acids is 1. The van der Waals surface area contributed by atoms with Crippen LogP contribution in [0.4, 0.5) is 0 Å². The number of pyridine rings is 1. The van der Waals surface area contributed by atoms with E-state index >= 15 is 0 Å². The third-order valence-corrected chi connectivity index (χ3v) is 4.70. The molecular weight excluding hydrogens is 304 g/mol. The molecule has 24 heavy (non-hydrogen) atoms. The Balaban J connectivity index is 1.61. The van der Waals surface area contributed by atoms with Crippen LogP contribution in [0.3, 0.4) is 0 Å². The van der Waals surface area contributed by atoms with Crippen molar-refractivity contribution in [2.24, 2.45) is 0 Å². The molecule has 126 valence electrons. The van der Waals surface area contributed by atoms with Gasteiger partial charge < -0.3 is 15.0 Å². The van der Waals surface area contributed by atoms with Crippen LogP contribution in [0, 0.1) is 0 Å². The van der Waals surface area contributed by atoms with Gasteiger partial charge in [0, 0.05) is 12.2 Å². The van der Waals surface area contributed by atoms with E-state index in [0.717, 1.165) is 25.7 Å². The number of hydrogen-bond acceptors (Lipinski definition) is 3. The molecule has 1 aliphatic carbocycles. The lowest BCUT2D eigenvalue weighted by Crippen LogP contribution is -2.38. The first-order valence-corrected chi connectivity index (χ1v) is 8.30. The number of carbonyl (C=O) groups is 1. The fraction of sp³-hybridized carbons (Fsp3) is 0.368. The monoisotopic (exact) mass is 326 g/mol. The van der Waals surface area contributed by atoms with Crippen molar-refractivity contribution in [3.63, 3.8) is 0 Å². The van der Waals surface area contributed by atoms with Crippen LogP contribution in [-0.2, 0) is 0 Å². The predicted molar refractivity (Wildman–Crippen MR) is 92.5 cm³/mol. The molecule has 5 heteroatoms. The maximum Gasteiger partial charge on any atom is 0.291 e. The first-order chi connectivity index (χ1) is 11.7. The molecule has 1 aromatic heterocycles. The Morgan fingerprint density at radius 2 is 1.83 bits per heavy atom. The van der Waals surface area contributed by atoms with Crippen LogP contribution < -0.4 is 15.6 Å². The normalized spacial score (nSPS) is 20.4. The first-order valence-electron chi connectivity index (χ1n) is 8.30. The second kappa shape index (κ2) is 7.34. The highest BCUT2D eigenvalue weighted by atomic mass is 16.5. The summed E-state index contributed by atoms with van der Waals surface area (Å²) < 4.78 is 5.06. The van der Waals surface area contributed by atoms with Crippen molar-refractivity contribution in [3.8, 4) is 5.75 Å². The fourth-order valence-corrected chi connectivity index (χ4v) is 3.41. The van der Waals surface area contributed by atoms with Gasteiger partial charge in [0.1, 0.15) is 0 Å². The zero-order chi connectivity index (χ0) is 16.9. The summed E-state index contributed by atoms with van der Waals surface area (Å²) in [4.78, 5) is 26.7. The Morgan fingerprint density at radius 3 is 2.50 bits per heavy atom. The van der Waals surface area contributed by atoms with Crippen LogP contribution in [-0.4, -0.2) is 24.0 Å². The van der Waals surface area contributed by atoms with Crippen LogP contribution in [0.15, 0.2) is 47.4 Å². The third-order valence-electron chi connectivity index (χ3n) is 4.70. The van der Waals surface area contributed by atoms with E-state index in [1.807, 2.05) is 6.07 Å². The number of methoxy groups -OCH3 is 1. The second-order valence-corrected chi connectivity index (χ2v) is 6.19. The van der Waals surface area contributed by atoms with Crippen LogP contribution >= 0.6 is 0 Å². The van der Waals surface area contributed by atoms with Crippen molar-refractivity contribution < 1.29 is 9.53 Å². The number of ether oxygens (including phenoxy) is 1. The number of nitrogens with one attached hydrogen (secondary N) is 2. The summed E-state index contributed by atoms with van der Waals surface area (Å²) in [5.41, 5.74) is 1.27. The summed E-state index contributed by atoms with van der Waals surface area (Å²) in [6, 6.07) is 12.2. The Kier molecular flexibility index (Phi) is 4.99. The predicted octanol–water partition coefficient (Wildman–Crippen LogP) is 2.84. The lowest BCUT2D eigenvalue weighted by atomic mass is 9.82. The molecule has 0 aliphatic heterocycles. The summed E-state index contributed by atoms with van der Waals surface area (Å²) in [6.45, 7) is 0. The topological polar surface area (TPSA) is 71.2 Å². The van der Waals surface area contributed by atoms with Crippen molar-refractivity contribution in [1.82, 2.24) is 10.3 Å². The summed E-state index contributed by atoms with van der Waals surface area (Å²) in [6.07, 6.45) is 5.46. The number of aromatic nitrogens is 1. The zero-order valence-corrected chi connectivity index (χ0v) is 13.7. The molecule has 2 N–H and O–H groups in total. The number of hydrogen-bond donors (Lipinski definition) is 2. The van der Waals surface area contributed by atoms with Gasteiger partial charge in [-0.1, -0.05) is 30.3 Å². The molecule has 1 heterocycles. The summed E-state index contributed by atoms with van der Waals surface area (Å²) in [5.74, 6) is 0.377. The van der Waals surface area contributed by atoms with Crippen LogP contribution in [0.2, 0.25) is 0 Å². The molecule has 0 spiro atoms. The number of amides is 1. The van der Waals surface area contributed by atoms with E-state index in [4.69, 9.17) is 4.74 Å². The molecule has 0 bridgehead atoms. The van der Waals surface area contributed by atoms with Gasteiger partial charge >= 0.3 is 0 Å². The van der Waals surface area contributed by atoms with E-state index in [9.17, 15) is 9.59 Å². The number of H-pyrrole nitrogens is 1. The minimum Gasteiger partial charge on any atom is -0.491 e. The fourth-order valence-electron chi connectivity index (χ4n) is 3.41. The van der Waals surface area contributed by atoms with Crippen LogP contribution in [0.5, 0.6) is 5.75 Å². The summed E-state index contributed by atoms with van der Waals surface area (Å²) in [7, 11) is 1.40. The van der Waals surface area contributed by atoms with Crippen molar-refractivity contribution >= 4 is 5.91 Å². The molecule has 0 saturated heterocycles. The largest absolute Gasteiger partial charge is 0.491 e. The standard InChI is InChI=1S/C19H22N2O3/c1-24-17-16(11-12-20-19(17)23)18(22)21-15-9-7-14(8-10-15)13-5-3-2-4-6-13/h2-6,11-12,14-15H,7-10H2,1H3,(H,20,23)(H,21,22). The van der Waals surface area contributed by atoms with E-state index in [-0.39, 0.29) is 23.3 Å². The highest BCUT2D eigenvalue weighted by molar-refractivity contribution is 5.96. The molecule has 5 nitrogen and oxygen atoms in total. The summed E-state index contributed by atoms with van der Waals surface area (Å²) >= 11 is 0. The molecule has 1 aromatic carbocycles. The summed E-state index contributed by atoms with van der Waals surface area (Å²) in [5, 5.41) is 3.04. The second-order valence-electron chi connectivity index (χ2n) is 6.19. The average Bonchev–Trinajstić information content (AvgIpc) is 2.63. The van der Waals surface area contributed by atoms with Gasteiger partial charge in [-0.15, -0.1) is 0 Å². The van der Waals surface area contributed by atoms with E-state index in [2.05, 4.69) is 34.6 Å². The molecule has 1 saturated carbocycles. The SMILES string of the molecule is COc1c(C(=O)NC2CCC(c3ccccc3)CC2)cc[nH]c1=O. The third kappa shape index (κ3) is 3.50. The van der Waals surface area contributed by atoms with E-state index in [1.54, 1.807) is 6.07 Å². The minimum absolute atomic E-state index is 0.0629. The minimum atomic E-state index is -0.391. The van der Waals surface area contributed by atoms with E-state index < -0.39 is 5.56 Å². The van der Waals surface area contributed by atoms with Gasteiger partial charge in [-0.2, -0.15) is 0 Å². The molecule has 1 aliphatic rings. The Bertz CT molecular complexity index is 747. The van der Waals surface area contributed by atoms with Crippen molar-refractivity contribution in [3.05, 3.63) is 64.1 Å². The van der Waals surface area contributed by atoms with E-state index in [0.29, 0.717) is 5.92 Å². The van der Waals surface area contributed by atoms with Crippen molar-refractivity contribution in [1.29, 1.82) is 0 Å². The molecule has 3 rings (SSSR count). The lowest BCUT2D eigenvalue weighted by Gasteiger charge is -2.29. The zero-order valence-electron chi connectivity index (χ0n) is 13.7. The average molecular weight is 326 g/mol. The van der Waals surface area contributed by atoms with Crippen LogP contribution in [0.25, 0.3) is 0 Å². The molecule has 2 aromatic rings. The van der Waals surface area contributed by atoms with Gasteiger partial charge in [0.05, 0.1) is 12.7 Å².